The molecular weight excluding hydrogens is 793 g/mol. The molecule has 0 aliphatic rings. The average molecular weight is 893 g/mol. The molecule has 1 atom stereocenters. The van der Waals surface area contributed by atoms with E-state index in [0.717, 1.165) is 109 Å². The lowest BCUT2D eigenvalue weighted by Crippen LogP contribution is -2.30. The van der Waals surface area contributed by atoms with Gasteiger partial charge in [-0.2, -0.15) is 0 Å². The minimum atomic E-state index is -0.799. The molecule has 0 aliphatic heterocycles. The van der Waals surface area contributed by atoms with Crippen molar-refractivity contribution >= 4 is 17.9 Å². The summed E-state index contributed by atoms with van der Waals surface area (Å²) >= 11 is 0. The zero-order valence-electron chi connectivity index (χ0n) is 42.0. The molecule has 64 heavy (non-hydrogen) atoms. The molecule has 0 N–H and O–H groups in total. The monoisotopic (exact) mass is 893 g/mol. The normalized spacial score (nSPS) is 12.6. The van der Waals surface area contributed by atoms with Crippen molar-refractivity contribution in [2.45, 2.75) is 264 Å². The summed E-state index contributed by atoms with van der Waals surface area (Å²) in [6.07, 6.45) is 65.9. The van der Waals surface area contributed by atoms with Gasteiger partial charge in [0.25, 0.3) is 0 Å². The summed E-state index contributed by atoms with van der Waals surface area (Å²) in [7, 11) is 0. The van der Waals surface area contributed by atoms with Crippen LogP contribution in [0.5, 0.6) is 0 Å². The Hall–Kier alpha value is -3.15. The summed E-state index contributed by atoms with van der Waals surface area (Å²) in [5, 5.41) is 0. The summed E-state index contributed by atoms with van der Waals surface area (Å²) in [5.41, 5.74) is 0. The van der Waals surface area contributed by atoms with Crippen molar-refractivity contribution in [3.8, 4) is 0 Å². The van der Waals surface area contributed by atoms with Gasteiger partial charge < -0.3 is 14.2 Å². The molecule has 6 nitrogen and oxygen atoms in total. The smallest absolute Gasteiger partial charge is 0.306 e. The van der Waals surface area contributed by atoms with E-state index in [-0.39, 0.29) is 31.1 Å². The summed E-state index contributed by atoms with van der Waals surface area (Å²) in [4.78, 5) is 38.0. The lowest BCUT2D eigenvalue weighted by molar-refractivity contribution is -0.167. The molecule has 0 saturated heterocycles. The maximum absolute atomic E-state index is 12.8. The van der Waals surface area contributed by atoms with Crippen molar-refractivity contribution < 1.29 is 28.6 Å². The molecule has 6 heteroatoms. The Morgan fingerprint density at radius 2 is 0.578 bits per heavy atom. The van der Waals surface area contributed by atoms with Crippen molar-refractivity contribution in [3.05, 3.63) is 72.9 Å². The molecule has 368 valence electrons. The third-order valence-electron chi connectivity index (χ3n) is 11.5. The van der Waals surface area contributed by atoms with E-state index in [0.29, 0.717) is 19.3 Å². The molecule has 0 radical (unpaired) electrons. The van der Waals surface area contributed by atoms with E-state index in [1.54, 1.807) is 0 Å². The molecule has 0 saturated carbocycles. The number of hydrogen-bond donors (Lipinski definition) is 0. The second kappa shape index (κ2) is 52.5. The van der Waals surface area contributed by atoms with Crippen molar-refractivity contribution in [2.75, 3.05) is 13.2 Å². The van der Waals surface area contributed by atoms with Crippen LogP contribution in [0, 0.1) is 0 Å². The minimum absolute atomic E-state index is 0.0970. The summed E-state index contributed by atoms with van der Waals surface area (Å²) < 4.78 is 16.8. The van der Waals surface area contributed by atoms with Gasteiger partial charge in [-0.05, 0) is 96.3 Å². The Labute approximate surface area is 395 Å². The van der Waals surface area contributed by atoms with Crippen LogP contribution >= 0.6 is 0 Å². The molecule has 0 aromatic heterocycles. The first kappa shape index (κ1) is 60.9. The van der Waals surface area contributed by atoms with Gasteiger partial charge in [0.1, 0.15) is 13.2 Å². The van der Waals surface area contributed by atoms with Crippen LogP contribution < -0.4 is 0 Å². The lowest BCUT2D eigenvalue weighted by atomic mass is 10.1. The van der Waals surface area contributed by atoms with E-state index in [4.69, 9.17) is 14.2 Å². The van der Waals surface area contributed by atoms with Crippen LogP contribution in [0.25, 0.3) is 0 Å². The third kappa shape index (κ3) is 49.9. The van der Waals surface area contributed by atoms with Gasteiger partial charge in [-0.3, -0.25) is 14.4 Å². The molecule has 0 heterocycles. The van der Waals surface area contributed by atoms with Crippen molar-refractivity contribution in [3.63, 3.8) is 0 Å². The van der Waals surface area contributed by atoms with E-state index in [2.05, 4.69) is 93.7 Å². The second-order valence-electron chi connectivity index (χ2n) is 17.9. The molecule has 0 aliphatic carbocycles. The topological polar surface area (TPSA) is 78.9 Å². The van der Waals surface area contributed by atoms with Gasteiger partial charge >= 0.3 is 17.9 Å². The van der Waals surface area contributed by atoms with Gasteiger partial charge in [0.05, 0.1) is 0 Å². The number of carbonyl (C=O) groups excluding carboxylic acids is 3. The van der Waals surface area contributed by atoms with Gasteiger partial charge in [0, 0.05) is 19.3 Å². The van der Waals surface area contributed by atoms with Crippen LogP contribution in [-0.2, 0) is 28.6 Å². The molecule has 0 rings (SSSR count). The Kier molecular flexibility index (Phi) is 49.9. The molecule has 0 bridgehead atoms. The van der Waals surface area contributed by atoms with Gasteiger partial charge in [0.15, 0.2) is 6.10 Å². The highest BCUT2D eigenvalue weighted by atomic mass is 16.6. The van der Waals surface area contributed by atoms with Gasteiger partial charge in [-0.25, -0.2) is 0 Å². The molecule has 0 aromatic carbocycles. The number of carbonyl (C=O) groups is 3. The molecule has 0 fully saturated rings. The second-order valence-corrected chi connectivity index (χ2v) is 17.9. The Morgan fingerprint density at radius 3 is 0.969 bits per heavy atom. The SMILES string of the molecule is CCCCC\C=C/C=C\C=C/C=C\CCCCCCCC(=O)OCC(COC(=O)CCCCC/C=C\CCCCCCCCC)OC(=O)CCCCC/C=C\CCCCCCCCC. The van der Waals surface area contributed by atoms with Crippen LogP contribution in [0.1, 0.15) is 258 Å². The van der Waals surface area contributed by atoms with Crippen LogP contribution in [0.2, 0.25) is 0 Å². The number of esters is 3. The maximum atomic E-state index is 12.8. The van der Waals surface area contributed by atoms with Crippen LogP contribution in [0.15, 0.2) is 72.9 Å². The van der Waals surface area contributed by atoms with Crippen molar-refractivity contribution in [2.24, 2.45) is 0 Å². The summed E-state index contributed by atoms with van der Waals surface area (Å²) in [6, 6.07) is 0. The fraction of sp³-hybridized carbons (Fsp3) is 0.741. The number of allylic oxidation sites excluding steroid dienone is 12. The van der Waals surface area contributed by atoms with Crippen LogP contribution in [0.3, 0.4) is 0 Å². The quantitative estimate of drug-likeness (QED) is 0.0199. The highest BCUT2D eigenvalue weighted by Crippen LogP contribution is 2.14. The maximum Gasteiger partial charge on any atom is 0.306 e. The predicted octanol–water partition coefficient (Wildman–Crippen LogP) is 17.8. The van der Waals surface area contributed by atoms with Crippen LogP contribution in [-0.4, -0.2) is 37.2 Å². The van der Waals surface area contributed by atoms with Gasteiger partial charge in [-0.15, -0.1) is 0 Å². The van der Waals surface area contributed by atoms with E-state index < -0.39 is 6.10 Å². The van der Waals surface area contributed by atoms with E-state index in [9.17, 15) is 14.4 Å². The minimum Gasteiger partial charge on any atom is -0.462 e. The fourth-order valence-corrected chi connectivity index (χ4v) is 7.38. The molecule has 0 aromatic rings. The zero-order chi connectivity index (χ0) is 46.5. The van der Waals surface area contributed by atoms with E-state index >= 15 is 0 Å². The summed E-state index contributed by atoms with van der Waals surface area (Å²) in [6.45, 7) is 6.55. The standard InChI is InChI=1S/C58H100O6/c1-4-7-10-13-16-19-22-25-28-29-30-31-34-36-39-42-45-48-51-57(60)63-54-55(64-58(61)52-49-46-43-40-37-33-27-24-21-18-15-12-9-6-3)53-62-56(59)50-47-44-41-38-35-32-26-23-20-17-14-11-8-5-2/h16,19,22,25,28-33,35,37,55H,4-15,17-18,20-21,23-24,26-27,34,36,38-54H2,1-3H3/b19-16-,25-22-,29-28-,31-30-,35-32-,37-33-. The number of unbranched alkanes of at least 4 members (excludes halogenated alkanes) is 28. The van der Waals surface area contributed by atoms with E-state index in [1.165, 1.54) is 109 Å². The number of hydrogen-bond acceptors (Lipinski definition) is 6. The zero-order valence-corrected chi connectivity index (χ0v) is 42.0. The van der Waals surface area contributed by atoms with Crippen molar-refractivity contribution in [1.82, 2.24) is 0 Å². The average Bonchev–Trinajstić information content (AvgIpc) is 3.29. The number of rotatable bonds is 48. The third-order valence-corrected chi connectivity index (χ3v) is 11.5. The van der Waals surface area contributed by atoms with Crippen LogP contribution in [0.4, 0.5) is 0 Å². The first-order valence-electron chi connectivity index (χ1n) is 27.0. The first-order chi connectivity index (χ1) is 31.5. The first-order valence-corrected chi connectivity index (χ1v) is 27.0. The molecule has 0 amide bonds. The predicted molar refractivity (Wildman–Crippen MR) is 274 cm³/mol. The largest absolute Gasteiger partial charge is 0.462 e. The number of ether oxygens (including phenoxy) is 3. The molecular formula is C58H100O6. The van der Waals surface area contributed by atoms with E-state index in [1.807, 2.05) is 0 Å². The fourth-order valence-electron chi connectivity index (χ4n) is 7.38. The van der Waals surface area contributed by atoms with Gasteiger partial charge in [-0.1, -0.05) is 216 Å². The molecule has 0 spiro atoms. The Morgan fingerprint density at radius 1 is 0.312 bits per heavy atom. The Balaban J connectivity index is 4.47. The lowest BCUT2D eigenvalue weighted by Gasteiger charge is -2.18. The Bertz CT molecular complexity index is 1210. The van der Waals surface area contributed by atoms with Crippen molar-refractivity contribution in [1.29, 1.82) is 0 Å². The summed E-state index contributed by atoms with van der Waals surface area (Å²) in [5.74, 6) is -0.947. The highest BCUT2D eigenvalue weighted by molar-refractivity contribution is 5.71. The highest BCUT2D eigenvalue weighted by Gasteiger charge is 2.19. The van der Waals surface area contributed by atoms with Gasteiger partial charge in [0.2, 0.25) is 0 Å². The molecule has 1 unspecified atom stereocenters.